The Kier molecular flexibility index (Phi) is 6.96. The number of halogens is 3. The molecular weight excluding hydrogens is 338 g/mol. The number of alkyl carbamates (subject to hydrolysis) is 1. The number of carbonyl (C=O) groups is 1. The number of nitrogens with one attached hydrogen (secondary N) is 2. The van der Waals surface area contributed by atoms with Gasteiger partial charge >= 0.3 is 6.09 Å². The first-order valence-corrected chi connectivity index (χ1v) is 7.73. The maximum atomic E-state index is 13.5. The normalized spacial score (nSPS) is 10.5. The summed E-state index contributed by atoms with van der Waals surface area (Å²) in [4.78, 5) is 11.5. The Morgan fingerprint density at radius 2 is 1.75 bits per heavy atom. The van der Waals surface area contributed by atoms with E-state index in [9.17, 15) is 13.6 Å². The molecule has 0 atom stereocenters. The molecule has 7 heteroatoms. The van der Waals surface area contributed by atoms with Crippen molar-refractivity contribution in [1.29, 1.82) is 0 Å². The molecule has 0 heterocycles. The van der Waals surface area contributed by atoms with E-state index in [-0.39, 0.29) is 30.3 Å². The van der Waals surface area contributed by atoms with E-state index in [1.807, 2.05) is 30.3 Å². The minimum atomic E-state index is -0.669. The van der Waals surface area contributed by atoms with Crippen molar-refractivity contribution >= 4 is 17.7 Å². The molecule has 2 N–H and O–H groups in total. The van der Waals surface area contributed by atoms with Crippen LogP contribution >= 0.6 is 11.6 Å². The van der Waals surface area contributed by atoms with E-state index in [0.29, 0.717) is 6.54 Å². The highest BCUT2D eigenvalue weighted by molar-refractivity contribution is 6.31. The standard InChI is InChI=1S/C17H17ClF2N2O2/c18-16-13(14(19)6-7-15(16)20)10-21-8-9-22-17(23)24-11-12-4-2-1-3-5-12/h1-7,21H,8-11H2,(H,22,23). The van der Waals surface area contributed by atoms with Crippen LogP contribution in [0.1, 0.15) is 11.1 Å². The average Bonchev–Trinajstić information content (AvgIpc) is 2.60. The number of rotatable bonds is 7. The Balaban J connectivity index is 1.65. The summed E-state index contributed by atoms with van der Waals surface area (Å²) in [6.45, 7) is 0.877. The lowest BCUT2D eigenvalue weighted by atomic mass is 10.2. The van der Waals surface area contributed by atoms with E-state index in [1.165, 1.54) is 0 Å². The molecule has 0 unspecified atom stereocenters. The van der Waals surface area contributed by atoms with Crippen molar-refractivity contribution in [2.45, 2.75) is 13.2 Å². The van der Waals surface area contributed by atoms with Gasteiger partial charge in [-0.2, -0.15) is 0 Å². The lowest BCUT2D eigenvalue weighted by Gasteiger charge is -2.10. The zero-order valence-electron chi connectivity index (χ0n) is 12.8. The molecule has 2 rings (SSSR count). The summed E-state index contributed by atoms with van der Waals surface area (Å²) in [6.07, 6.45) is -0.546. The largest absolute Gasteiger partial charge is 0.445 e. The van der Waals surface area contributed by atoms with Crippen LogP contribution in [0.2, 0.25) is 5.02 Å². The molecule has 0 bridgehead atoms. The molecule has 0 aliphatic heterocycles. The maximum Gasteiger partial charge on any atom is 0.407 e. The third kappa shape index (κ3) is 5.47. The van der Waals surface area contributed by atoms with Gasteiger partial charge in [0.2, 0.25) is 0 Å². The van der Waals surface area contributed by atoms with Gasteiger partial charge < -0.3 is 15.4 Å². The molecule has 2 aromatic carbocycles. The number of hydrogen-bond acceptors (Lipinski definition) is 3. The second-order valence-corrected chi connectivity index (χ2v) is 5.36. The fourth-order valence-electron chi connectivity index (χ4n) is 1.97. The van der Waals surface area contributed by atoms with Crippen LogP contribution in [0.25, 0.3) is 0 Å². The smallest absolute Gasteiger partial charge is 0.407 e. The van der Waals surface area contributed by atoms with Crippen molar-refractivity contribution in [3.05, 3.63) is 70.2 Å². The molecule has 0 saturated carbocycles. The summed E-state index contributed by atoms with van der Waals surface area (Å²) < 4.78 is 31.9. The van der Waals surface area contributed by atoms with E-state index >= 15 is 0 Å². The molecule has 0 fully saturated rings. The molecule has 4 nitrogen and oxygen atoms in total. The summed E-state index contributed by atoms with van der Waals surface area (Å²) in [7, 11) is 0. The van der Waals surface area contributed by atoms with E-state index < -0.39 is 17.7 Å². The molecule has 24 heavy (non-hydrogen) atoms. The van der Waals surface area contributed by atoms with Gasteiger partial charge in [0.25, 0.3) is 0 Å². The Morgan fingerprint density at radius 1 is 1.04 bits per heavy atom. The number of amides is 1. The number of ether oxygens (including phenoxy) is 1. The summed E-state index contributed by atoms with van der Waals surface area (Å²) in [6, 6.07) is 11.3. The average molecular weight is 355 g/mol. The SMILES string of the molecule is O=C(NCCNCc1c(F)ccc(F)c1Cl)OCc1ccccc1. The van der Waals surface area contributed by atoms with Crippen molar-refractivity contribution in [1.82, 2.24) is 10.6 Å². The van der Waals surface area contributed by atoms with Crippen molar-refractivity contribution in [2.24, 2.45) is 0 Å². The van der Waals surface area contributed by atoms with Gasteiger partial charge in [-0.25, -0.2) is 13.6 Å². The van der Waals surface area contributed by atoms with Gasteiger partial charge in [-0.3, -0.25) is 0 Å². The van der Waals surface area contributed by atoms with Gasteiger partial charge in [0.1, 0.15) is 18.2 Å². The highest BCUT2D eigenvalue weighted by Gasteiger charge is 2.11. The van der Waals surface area contributed by atoms with Gasteiger partial charge in [0, 0.05) is 25.2 Å². The van der Waals surface area contributed by atoms with Gasteiger partial charge in [-0.05, 0) is 17.7 Å². The Bertz CT molecular complexity index is 684. The molecule has 1 amide bonds. The zero-order valence-corrected chi connectivity index (χ0v) is 13.6. The second kappa shape index (κ2) is 9.20. The molecule has 0 aromatic heterocycles. The van der Waals surface area contributed by atoms with E-state index in [1.54, 1.807) is 0 Å². The van der Waals surface area contributed by atoms with Crippen molar-refractivity contribution in [2.75, 3.05) is 13.1 Å². The van der Waals surface area contributed by atoms with Crippen LogP contribution in [0.15, 0.2) is 42.5 Å². The van der Waals surface area contributed by atoms with Crippen molar-refractivity contribution in [3.8, 4) is 0 Å². The molecular formula is C17H17ClF2N2O2. The van der Waals surface area contributed by atoms with Crippen LogP contribution in [0.4, 0.5) is 13.6 Å². The molecule has 0 saturated heterocycles. The van der Waals surface area contributed by atoms with Crippen LogP contribution in [0.3, 0.4) is 0 Å². The third-order valence-electron chi connectivity index (χ3n) is 3.22. The Hall–Kier alpha value is -2.18. The lowest BCUT2D eigenvalue weighted by Crippen LogP contribution is -2.32. The fraction of sp³-hybridized carbons (Fsp3) is 0.235. The lowest BCUT2D eigenvalue weighted by molar-refractivity contribution is 0.139. The van der Waals surface area contributed by atoms with Gasteiger partial charge in [-0.15, -0.1) is 0 Å². The highest BCUT2D eigenvalue weighted by atomic mass is 35.5. The molecule has 0 aliphatic carbocycles. The first-order chi connectivity index (χ1) is 11.6. The quantitative estimate of drug-likeness (QED) is 0.589. The van der Waals surface area contributed by atoms with Crippen molar-refractivity contribution in [3.63, 3.8) is 0 Å². The monoisotopic (exact) mass is 354 g/mol. The topological polar surface area (TPSA) is 50.4 Å². The number of benzene rings is 2. The van der Waals surface area contributed by atoms with Gasteiger partial charge in [0.15, 0.2) is 0 Å². The molecule has 128 valence electrons. The summed E-state index contributed by atoms with van der Waals surface area (Å²) in [5.74, 6) is -1.25. The first kappa shape index (κ1) is 18.2. The second-order valence-electron chi connectivity index (χ2n) is 4.99. The minimum absolute atomic E-state index is 0.0586. The number of carbonyl (C=O) groups excluding carboxylic acids is 1. The molecule has 0 spiro atoms. The number of hydrogen-bond donors (Lipinski definition) is 2. The predicted octanol–water partition coefficient (Wildman–Crippen LogP) is 3.63. The summed E-state index contributed by atoms with van der Waals surface area (Å²) >= 11 is 5.72. The van der Waals surface area contributed by atoms with Crippen molar-refractivity contribution < 1.29 is 18.3 Å². The maximum absolute atomic E-state index is 13.5. The van der Waals surface area contributed by atoms with Crippen LogP contribution < -0.4 is 10.6 Å². The fourth-order valence-corrected chi connectivity index (χ4v) is 2.19. The summed E-state index contributed by atoms with van der Waals surface area (Å²) in [5, 5.41) is 5.20. The van der Waals surface area contributed by atoms with Crippen LogP contribution in [0, 0.1) is 11.6 Å². The highest BCUT2D eigenvalue weighted by Crippen LogP contribution is 2.22. The molecule has 0 aliphatic rings. The predicted molar refractivity (Wildman–Crippen MR) is 87.7 cm³/mol. The van der Waals surface area contributed by atoms with E-state index in [4.69, 9.17) is 16.3 Å². The first-order valence-electron chi connectivity index (χ1n) is 7.35. The molecule has 0 radical (unpaired) electrons. The van der Waals surface area contributed by atoms with Gasteiger partial charge in [-0.1, -0.05) is 41.9 Å². The van der Waals surface area contributed by atoms with Crippen LogP contribution in [-0.4, -0.2) is 19.2 Å². The molecule has 2 aromatic rings. The van der Waals surface area contributed by atoms with Crippen LogP contribution in [0.5, 0.6) is 0 Å². The Morgan fingerprint density at radius 3 is 2.50 bits per heavy atom. The summed E-state index contributed by atoms with van der Waals surface area (Å²) in [5.41, 5.74) is 0.949. The Labute approximate surface area is 143 Å². The van der Waals surface area contributed by atoms with E-state index in [2.05, 4.69) is 10.6 Å². The van der Waals surface area contributed by atoms with Crippen LogP contribution in [-0.2, 0) is 17.9 Å². The third-order valence-corrected chi connectivity index (χ3v) is 3.63. The van der Waals surface area contributed by atoms with Gasteiger partial charge in [0.05, 0.1) is 5.02 Å². The zero-order chi connectivity index (χ0) is 17.4. The minimum Gasteiger partial charge on any atom is -0.445 e. The van der Waals surface area contributed by atoms with E-state index in [0.717, 1.165) is 17.7 Å².